The van der Waals surface area contributed by atoms with Gasteiger partial charge in [0, 0.05) is 6.92 Å². The van der Waals surface area contributed by atoms with Gasteiger partial charge in [-0.05, 0) is 12.1 Å². The molecule has 1 rings (SSSR count). The first-order valence-corrected chi connectivity index (χ1v) is 3.26. The van der Waals surface area contributed by atoms with Crippen LogP contribution in [0.4, 0.5) is 5.69 Å². The topological polar surface area (TPSA) is 112 Å². The number of aromatic hydroxyl groups is 1. The molecule has 0 atom stereocenters. The fourth-order valence-electron chi connectivity index (χ4n) is 0.769. The second-order valence-electron chi connectivity index (χ2n) is 2.20. The normalized spacial score (nSPS) is 7.21. The summed E-state index contributed by atoms with van der Waals surface area (Å²) in [6, 6.07) is 6.59. The van der Waals surface area contributed by atoms with E-state index in [2.05, 4.69) is 5.32 Å². The Balaban J connectivity index is -0.0000000807. The molecule has 0 saturated carbocycles. The Kier molecular flexibility index (Phi) is 12.7. The van der Waals surface area contributed by atoms with Crippen LogP contribution in [0.15, 0.2) is 24.3 Å². The molecule has 78 valence electrons. The largest absolute Gasteiger partial charge is 2.00 e. The first kappa shape index (κ1) is 19.3. The van der Waals surface area contributed by atoms with E-state index < -0.39 is 0 Å². The van der Waals surface area contributed by atoms with Crippen LogP contribution in [-0.2, 0) is 4.79 Å². The van der Waals surface area contributed by atoms with Gasteiger partial charge >= 0.3 is 37.7 Å². The minimum Gasteiger partial charge on any atom is -1.00 e. The smallest absolute Gasteiger partial charge is 1.00 e. The zero-order valence-electron chi connectivity index (χ0n) is 9.87. The number of carbonyl (C=O) groups excluding carboxylic acids is 1. The van der Waals surface area contributed by atoms with Gasteiger partial charge in [-0.2, -0.15) is 0 Å². The van der Waals surface area contributed by atoms with Crippen molar-refractivity contribution in [3.05, 3.63) is 24.3 Å². The van der Waals surface area contributed by atoms with E-state index in [9.17, 15) is 4.79 Å². The number of amides is 1. The molecule has 14 heavy (non-hydrogen) atoms. The van der Waals surface area contributed by atoms with E-state index in [4.69, 9.17) is 5.11 Å². The second kappa shape index (κ2) is 9.23. The molecular formula is C8H15CaNO4. The number of carbonyl (C=O) groups is 1. The van der Waals surface area contributed by atoms with E-state index in [1.54, 1.807) is 18.2 Å². The Bertz CT molecular complexity index is 288. The molecule has 0 heterocycles. The molecule has 0 aliphatic rings. The fourth-order valence-corrected chi connectivity index (χ4v) is 0.769. The minimum atomic E-state index is -0.188. The first-order chi connectivity index (χ1) is 5.20. The third kappa shape index (κ3) is 6.17. The van der Waals surface area contributed by atoms with Crippen LogP contribution in [0.3, 0.4) is 0 Å². The molecule has 1 aromatic carbocycles. The number of phenolic OH excluding ortho intramolecular Hbond substituents is 1. The van der Waals surface area contributed by atoms with Gasteiger partial charge < -0.3 is 24.2 Å². The number of anilines is 1. The standard InChI is InChI=1S/C8H9NO2.Ca.2H2O.2H/c1-6(10)9-7-4-2-3-5-8(7)11;;;;;/h2-5,11H,1H3,(H,9,10);;2*1H2;;/q;+2;;;2*-1. The van der Waals surface area contributed by atoms with Crippen LogP contribution in [-0.4, -0.2) is 59.7 Å². The van der Waals surface area contributed by atoms with E-state index in [1.165, 1.54) is 13.0 Å². The van der Waals surface area contributed by atoms with Crippen LogP contribution in [0, 0.1) is 0 Å². The van der Waals surface area contributed by atoms with Crippen LogP contribution < -0.4 is 5.32 Å². The van der Waals surface area contributed by atoms with Crippen molar-refractivity contribution < 1.29 is 23.7 Å². The summed E-state index contributed by atoms with van der Waals surface area (Å²) in [5, 5.41) is 11.6. The maximum Gasteiger partial charge on any atom is 2.00 e. The molecule has 0 saturated heterocycles. The van der Waals surface area contributed by atoms with Crippen molar-refractivity contribution in [3.63, 3.8) is 0 Å². The zero-order valence-corrected chi connectivity index (χ0v) is 10.1. The van der Waals surface area contributed by atoms with Gasteiger partial charge in [0.2, 0.25) is 5.91 Å². The van der Waals surface area contributed by atoms with Gasteiger partial charge in [0.05, 0.1) is 5.69 Å². The van der Waals surface area contributed by atoms with Gasteiger partial charge in [0.1, 0.15) is 5.75 Å². The number of nitrogens with one attached hydrogen (secondary N) is 1. The number of para-hydroxylation sites is 2. The summed E-state index contributed by atoms with van der Waals surface area (Å²) in [4.78, 5) is 10.5. The number of hydrogen-bond donors (Lipinski definition) is 2. The summed E-state index contributed by atoms with van der Waals surface area (Å²) in [5.74, 6) is -0.103. The Morgan fingerprint density at radius 1 is 1.36 bits per heavy atom. The minimum absolute atomic E-state index is 0. The monoisotopic (exact) mass is 229 g/mol. The molecule has 0 aliphatic heterocycles. The molecule has 0 bridgehead atoms. The van der Waals surface area contributed by atoms with E-state index >= 15 is 0 Å². The fraction of sp³-hybridized carbons (Fsp3) is 0.125. The predicted molar refractivity (Wildman–Crippen MR) is 57.6 cm³/mol. The third-order valence-electron chi connectivity index (χ3n) is 1.21. The number of benzene rings is 1. The van der Waals surface area contributed by atoms with Crippen LogP contribution in [0.2, 0.25) is 0 Å². The summed E-state index contributed by atoms with van der Waals surface area (Å²) in [5.41, 5.74) is 0.444. The second-order valence-corrected chi connectivity index (χ2v) is 2.20. The van der Waals surface area contributed by atoms with Crippen molar-refractivity contribution in [1.82, 2.24) is 0 Å². The summed E-state index contributed by atoms with van der Waals surface area (Å²) >= 11 is 0. The van der Waals surface area contributed by atoms with Gasteiger partial charge in [-0.1, -0.05) is 12.1 Å². The van der Waals surface area contributed by atoms with Gasteiger partial charge in [0.15, 0.2) is 0 Å². The Morgan fingerprint density at radius 2 is 1.86 bits per heavy atom. The van der Waals surface area contributed by atoms with Gasteiger partial charge in [-0.3, -0.25) is 4.79 Å². The molecule has 1 aromatic rings. The molecular weight excluding hydrogens is 214 g/mol. The van der Waals surface area contributed by atoms with Crippen LogP contribution in [0.5, 0.6) is 5.75 Å². The summed E-state index contributed by atoms with van der Waals surface area (Å²) < 4.78 is 0. The number of phenols is 1. The molecule has 0 aromatic heterocycles. The van der Waals surface area contributed by atoms with E-state index in [0.717, 1.165) is 0 Å². The first-order valence-electron chi connectivity index (χ1n) is 3.26. The van der Waals surface area contributed by atoms with Crippen LogP contribution in [0.1, 0.15) is 9.78 Å². The SMILES string of the molecule is CC(=O)Nc1ccccc1O.O.O.[Ca+2].[H-].[H-]. The molecule has 0 unspecified atom stereocenters. The number of rotatable bonds is 1. The van der Waals surface area contributed by atoms with Crippen LogP contribution in [0.25, 0.3) is 0 Å². The molecule has 5 nitrogen and oxygen atoms in total. The van der Waals surface area contributed by atoms with Crippen molar-refractivity contribution >= 4 is 49.3 Å². The third-order valence-corrected chi connectivity index (χ3v) is 1.21. The molecule has 0 fully saturated rings. The molecule has 6 N–H and O–H groups in total. The van der Waals surface area contributed by atoms with E-state index in [0.29, 0.717) is 5.69 Å². The van der Waals surface area contributed by atoms with Crippen LogP contribution >= 0.6 is 0 Å². The van der Waals surface area contributed by atoms with Crippen molar-refractivity contribution in [2.75, 3.05) is 5.32 Å². The van der Waals surface area contributed by atoms with Gasteiger partial charge in [0.25, 0.3) is 0 Å². The molecule has 0 aliphatic carbocycles. The summed E-state index contributed by atoms with van der Waals surface area (Å²) in [6.07, 6.45) is 0. The average Bonchev–Trinajstić information content (AvgIpc) is 1.93. The van der Waals surface area contributed by atoms with Crippen molar-refractivity contribution in [3.8, 4) is 5.75 Å². The summed E-state index contributed by atoms with van der Waals surface area (Å²) in [7, 11) is 0. The van der Waals surface area contributed by atoms with Crippen molar-refractivity contribution in [2.24, 2.45) is 0 Å². The van der Waals surface area contributed by atoms with Crippen molar-refractivity contribution in [1.29, 1.82) is 0 Å². The molecule has 0 radical (unpaired) electrons. The van der Waals surface area contributed by atoms with Gasteiger partial charge in [-0.15, -0.1) is 0 Å². The average molecular weight is 229 g/mol. The van der Waals surface area contributed by atoms with Gasteiger partial charge in [-0.25, -0.2) is 0 Å². The number of hydrogen-bond acceptors (Lipinski definition) is 2. The van der Waals surface area contributed by atoms with E-state index in [-0.39, 0.29) is 63.2 Å². The quantitative estimate of drug-likeness (QED) is 0.501. The Labute approximate surface area is 115 Å². The summed E-state index contributed by atoms with van der Waals surface area (Å²) in [6.45, 7) is 1.40. The zero-order chi connectivity index (χ0) is 8.27. The molecule has 1 amide bonds. The molecule has 0 spiro atoms. The Morgan fingerprint density at radius 3 is 2.29 bits per heavy atom. The Hall–Kier alpha value is -0.330. The maximum absolute atomic E-state index is 10.5. The maximum atomic E-state index is 10.5. The molecule has 6 heteroatoms. The van der Waals surface area contributed by atoms with Crippen molar-refractivity contribution in [2.45, 2.75) is 6.92 Å². The van der Waals surface area contributed by atoms with E-state index in [1.807, 2.05) is 0 Å². The predicted octanol–water partition coefficient (Wildman–Crippen LogP) is -0.455.